The minimum Gasteiger partial charge on any atom is -0.465 e. The van der Waals surface area contributed by atoms with Gasteiger partial charge in [-0.1, -0.05) is 32.0 Å². The van der Waals surface area contributed by atoms with Gasteiger partial charge in [-0.05, 0) is 24.8 Å². The molecule has 3 heterocycles. The number of fused-ring (bicyclic) bond motifs is 1. The number of aryl methyl sites for hydroxylation is 1. The van der Waals surface area contributed by atoms with Crippen molar-refractivity contribution in [2.75, 3.05) is 6.61 Å². The first kappa shape index (κ1) is 16.5. The Hall–Kier alpha value is -1.34. The highest BCUT2D eigenvalue weighted by Gasteiger charge is 2.28. The molecule has 2 aromatic rings. The van der Waals surface area contributed by atoms with Crippen molar-refractivity contribution >= 4 is 39.3 Å². The molecular formula is C16H20N2O3S2. The normalized spacial score (nSPS) is 19.3. The average Bonchev–Trinajstić information content (AvgIpc) is 3.03. The lowest BCUT2D eigenvalue weighted by Gasteiger charge is -2.08. The molecule has 0 saturated carbocycles. The number of carbonyl (C=O) groups excluding carboxylic acids is 1. The minimum absolute atomic E-state index is 0.105. The van der Waals surface area contributed by atoms with Gasteiger partial charge in [0.05, 0.1) is 12.0 Å². The summed E-state index contributed by atoms with van der Waals surface area (Å²) in [5.74, 6) is 0.311. The van der Waals surface area contributed by atoms with E-state index in [1.807, 2.05) is 6.92 Å². The molecule has 5 nitrogen and oxygen atoms in total. The number of thioether (sulfide) groups is 1. The molecule has 0 spiro atoms. The van der Waals surface area contributed by atoms with E-state index in [1.54, 1.807) is 11.3 Å². The number of aromatic nitrogens is 2. The van der Waals surface area contributed by atoms with Crippen molar-refractivity contribution in [2.24, 2.45) is 5.92 Å². The monoisotopic (exact) mass is 352 g/mol. The van der Waals surface area contributed by atoms with Gasteiger partial charge in [-0.15, -0.1) is 11.3 Å². The van der Waals surface area contributed by atoms with Crippen LogP contribution in [0.4, 0.5) is 0 Å². The highest BCUT2D eigenvalue weighted by molar-refractivity contribution is 8.00. The summed E-state index contributed by atoms with van der Waals surface area (Å²) in [6.07, 6.45) is 2.64. The second-order valence-electron chi connectivity index (χ2n) is 5.97. The second kappa shape index (κ2) is 6.65. The average molecular weight is 352 g/mol. The maximum atomic E-state index is 12.5. The molecule has 0 aromatic carbocycles. The van der Waals surface area contributed by atoms with Gasteiger partial charge in [-0.25, -0.2) is 4.98 Å². The molecule has 0 aliphatic carbocycles. The van der Waals surface area contributed by atoms with Gasteiger partial charge < -0.3 is 9.72 Å². The predicted octanol–water partition coefficient (Wildman–Crippen LogP) is 3.29. The molecule has 0 radical (unpaired) electrons. The molecule has 1 fully saturated rings. The van der Waals surface area contributed by atoms with Gasteiger partial charge in [0.1, 0.15) is 10.1 Å². The number of hydrogen-bond acceptors (Lipinski definition) is 6. The van der Waals surface area contributed by atoms with E-state index in [9.17, 15) is 9.59 Å². The molecule has 0 bridgehead atoms. The van der Waals surface area contributed by atoms with E-state index < -0.39 is 0 Å². The van der Waals surface area contributed by atoms with Crippen LogP contribution in [-0.2, 0) is 16.0 Å². The van der Waals surface area contributed by atoms with E-state index in [0.29, 0.717) is 29.5 Å². The molecule has 7 heteroatoms. The van der Waals surface area contributed by atoms with Gasteiger partial charge in [0.15, 0.2) is 5.16 Å². The number of esters is 1. The van der Waals surface area contributed by atoms with Crippen LogP contribution in [0.25, 0.3) is 10.2 Å². The van der Waals surface area contributed by atoms with Gasteiger partial charge >= 0.3 is 5.97 Å². The van der Waals surface area contributed by atoms with E-state index in [2.05, 4.69) is 23.8 Å². The maximum absolute atomic E-state index is 12.5. The van der Waals surface area contributed by atoms with Gasteiger partial charge in [0.25, 0.3) is 5.56 Å². The van der Waals surface area contributed by atoms with Crippen LogP contribution >= 0.6 is 23.1 Å². The third-order valence-corrected chi connectivity index (χ3v) is 6.40. The van der Waals surface area contributed by atoms with Gasteiger partial charge in [0.2, 0.25) is 0 Å². The van der Waals surface area contributed by atoms with Crippen LogP contribution in [0.1, 0.15) is 37.1 Å². The van der Waals surface area contributed by atoms with Crippen LogP contribution in [0.5, 0.6) is 0 Å². The summed E-state index contributed by atoms with van der Waals surface area (Å²) in [6.45, 7) is 6.84. The van der Waals surface area contributed by atoms with E-state index in [4.69, 9.17) is 4.74 Å². The Labute approximate surface area is 142 Å². The Morgan fingerprint density at radius 1 is 1.48 bits per heavy atom. The van der Waals surface area contributed by atoms with Gasteiger partial charge in [-0.2, -0.15) is 0 Å². The smallest absolute Gasteiger partial charge is 0.319 e. The molecule has 2 atom stereocenters. The van der Waals surface area contributed by atoms with Gasteiger partial charge in [-0.3, -0.25) is 9.59 Å². The lowest BCUT2D eigenvalue weighted by atomic mass is 9.98. The Bertz CT molecular complexity index is 796. The van der Waals surface area contributed by atoms with E-state index in [-0.39, 0.29) is 16.8 Å². The Morgan fingerprint density at radius 3 is 2.91 bits per heavy atom. The molecule has 0 amide bonds. The maximum Gasteiger partial charge on any atom is 0.319 e. The number of carbonyl (C=O) groups is 1. The molecule has 2 aromatic heterocycles. The van der Waals surface area contributed by atoms with Crippen LogP contribution in [0, 0.1) is 12.8 Å². The molecule has 1 aliphatic rings. The number of nitrogens with one attached hydrogen (secondary N) is 1. The number of H-pyrrole nitrogens is 1. The fraction of sp³-hybridized carbons (Fsp3) is 0.562. The first-order valence-electron chi connectivity index (χ1n) is 7.85. The van der Waals surface area contributed by atoms with E-state index in [1.165, 1.54) is 11.8 Å². The van der Waals surface area contributed by atoms with Crippen LogP contribution in [-0.4, -0.2) is 27.8 Å². The Morgan fingerprint density at radius 2 is 2.26 bits per heavy atom. The number of rotatable bonds is 5. The van der Waals surface area contributed by atoms with E-state index in [0.717, 1.165) is 28.1 Å². The summed E-state index contributed by atoms with van der Waals surface area (Å²) in [5.41, 5.74) is 1.01. The molecule has 23 heavy (non-hydrogen) atoms. The van der Waals surface area contributed by atoms with Crippen molar-refractivity contribution in [3.63, 3.8) is 0 Å². The lowest BCUT2D eigenvalue weighted by Crippen LogP contribution is -2.14. The number of thiophene rings is 1. The molecule has 1 aliphatic heterocycles. The topological polar surface area (TPSA) is 72.0 Å². The lowest BCUT2D eigenvalue weighted by molar-refractivity contribution is -0.137. The van der Waals surface area contributed by atoms with Crippen LogP contribution < -0.4 is 5.56 Å². The Kier molecular flexibility index (Phi) is 4.77. The number of nitrogens with zero attached hydrogens (tertiary/aromatic N) is 1. The summed E-state index contributed by atoms with van der Waals surface area (Å²) in [7, 11) is 0. The quantitative estimate of drug-likeness (QED) is 0.660. The fourth-order valence-corrected chi connectivity index (χ4v) is 4.72. The van der Waals surface area contributed by atoms with Crippen molar-refractivity contribution in [2.45, 2.75) is 50.4 Å². The van der Waals surface area contributed by atoms with Crippen molar-refractivity contribution in [1.82, 2.24) is 9.97 Å². The second-order valence-corrected chi connectivity index (χ2v) is 8.36. The summed E-state index contributed by atoms with van der Waals surface area (Å²) < 4.78 is 4.96. The fourth-order valence-electron chi connectivity index (χ4n) is 2.67. The molecule has 1 N–H and O–H groups in total. The van der Waals surface area contributed by atoms with E-state index >= 15 is 0 Å². The number of ether oxygens (including phenoxy) is 1. The third kappa shape index (κ3) is 3.30. The number of cyclic esters (lactones) is 1. The van der Waals surface area contributed by atoms with Crippen molar-refractivity contribution < 1.29 is 9.53 Å². The summed E-state index contributed by atoms with van der Waals surface area (Å²) >= 11 is 2.84. The summed E-state index contributed by atoms with van der Waals surface area (Å²) in [6, 6.07) is 0. The molecular weight excluding hydrogens is 332 g/mol. The Balaban J connectivity index is 1.96. The first-order chi connectivity index (χ1) is 11.0. The molecule has 0 unspecified atom stereocenters. The number of aromatic amines is 1. The molecule has 124 valence electrons. The zero-order valence-corrected chi connectivity index (χ0v) is 15.1. The zero-order chi connectivity index (χ0) is 16.6. The third-order valence-electron chi connectivity index (χ3n) is 4.23. The number of hydrogen-bond donors (Lipinski definition) is 1. The predicted molar refractivity (Wildman–Crippen MR) is 93.4 cm³/mol. The van der Waals surface area contributed by atoms with Crippen molar-refractivity contribution in [1.29, 1.82) is 0 Å². The highest BCUT2D eigenvalue weighted by Crippen LogP contribution is 2.32. The highest BCUT2D eigenvalue weighted by atomic mass is 32.2. The van der Waals surface area contributed by atoms with Crippen molar-refractivity contribution in [3.8, 4) is 0 Å². The zero-order valence-electron chi connectivity index (χ0n) is 13.5. The standard InChI is InChI=1S/C16H20N2O3S2/c1-4-8(2)7-10-9(3)22-14-12(10)13(19)17-16(18-14)23-11-5-6-21-15(11)20/h8,11H,4-7H2,1-3H3,(H,17,18,19)/t8-,11+/m1/s1. The largest absolute Gasteiger partial charge is 0.465 e. The molecule has 1 saturated heterocycles. The SMILES string of the molecule is CC[C@@H](C)Cc1c(C)sc2nc(S[C@H]3CCOC3=O)[nH]c(=O)c12. The van der Waals surface area contributed by atoms with Gasteiger partial charge in [0, 0.05) is 11.3 Å². The van der Waals surface area contributed by atoms with Crippen LogP contribution in [0.3, 0.4) is 0 Å². The first-order valence-corrected chi connectivity index (χ1v) is 9.54. The minimum atomic E-state index is -0.267. The van der Waals surface area contributed by atoms with Crippen molar-refractivity contribution in [3.05, 3.63) is 20.8 Å². The van der Waals surface area contributed by atoms with Crippen LogP contribution in [0.15, 0.2) is 9.95 Å². The summed E-state index contributed by atoms with van der Waals surface area (Å²) in [4.78, 5) is 33.4. The summed E-state index contributed by atoms with van der Waals surface area (Å²) in [5, 5.41) is 0.949. The molecule has 3 rings (SSSR count). The van der Waals surface area contributed by atoms with Crippen LogP contribution in [0.2, 0.25) is 0 Å².